The Morgan fingerprint density at radius 3 is 2.50 bits per heavy atom. The van der Waals surface area contributed by atoms with Crippen LogP contribution in [0.3, 0.4) is 0 Å². The van der Waals surface area contributed by atoms with E-state index in [-0.39, 0.29) is 5.92 Å². The van der Waals surface area contributed by atoms with Gasteiger partial charge in [0.1, 0.15) is 16.9 Å². The van der Waals surface area contributed by atoms with E-state index in [1.807, 2.05) is 41.9 Å². The fourth-order valence-corrected chi connectivity index (χ4v) is 2.48. The van der Waals surface area contributed by atoms with Crippen LogP contribution in [0.5, 0.6) is 0 Å². The Balaban J connectivity index is 2.21. The molecule has 3 aromatic rings. The van der Waals surface area contributed by atoms with Gasteiger partial charge in [0.05, 0.1) is 5.69 Å². The predicted molar refractivity (Wildman–Crippen MR) is 89.5 cm³/mol. The Bertz CT molecular complexity index is 790. The number of para-hydroxylation sites is 1. The minimum atomic E-state index is 0.269. The van der Waals surface area contributed by atoms with E-state index >= 15 is 0 Å². The molecule has 1 aromatic carbocycles. The first-order valence-corrected chi connectivity index (χ1v) is 7.67. The Hall–Kier alpha value is -2.43. The molecule has 0 amide bonds. The van der Waals surface area contributed by atoms with Gasteiger partial charge in [0, 0.05) is 18.2 Å². The van der Waals surface area contributed by atoms with Gasteiger partial charge in [0.2, 0.25) is 0 Å². The van der Waals surface area contributed by atoms with Crippen molar-refractivity contribution in [2.75, 3.05) is 5.32 Å². The lowest BCUT2D eigenvalue weighted by Gasteiger charge is -2.12. The van der Waals surface area contributed by atoms with Crippen molar-refractivity contribution in [3.05, 3.63) is 41.9 Å². The third kappa shape index (κ3) is 2.54. The zero-order valence-electron chi connectivity index (χ0n) is 13.5. The molecule has 114 valence electrons. The summed E-state index contributed by atoms with van der Waals surface area (Å²) in [6.07, 6.45) is 0. The highest BCUT2D eigenvalue weighted by Crippen LogP contribution is 2.27. The average molecular weight is 295 g/mol. The number of nitrogens with zero attached hydrogens (tertiary/aromatic N) is 4. The molecule has 2 heterocycles. The van der Waals surface area contributed by atoms with Crippen LogP contribution < -0.4 is 5.32 Å². The molecule has 1 N–H and O–H groups in total. The van der Waals surface area contributed by atoms with E-state index in [0.29, 0.717) is 0 Å². The van der Waals surface area contributed by atoms with Crippen molar-refractivity contribution in [1.82, 2.24) is 19.7 Å². The van der Waals surface area contributed by atoms with Crippen LogP contribution in [0.1, 0.15) is 38.2 Å². The summed E-state index contributed by atoms with van der Waals surface area (Å²) < 4.78 is 1.96. The highest BCUT2D eigenvalue weighted by Gasteiger charge is 2.17. The summed E-state index contributed by atoms with van der Waals surface area (Å²) in [5.74, 6) is 1.93. The first-order valence-electron chi connectivity index (χ1n) is 7.67. The average Bonchev–Trinajstić information content (AvgIpc) is 2.85. The number of aryl methyl sites for hydroxylation is 2. The topological polar surface area (TPSA) is 55.6 Å². The molecule has 0 saturated heterocycles. The molecule has 0 aliphatic rings. The number of hydrogen-bond acceptors (Lipinski definition) is 4. The molecule has 0 atom stereocenters. The van der Waals surface area contributed by atoms with Crippen molar-refractivity contribution >= 4 is 22.5 Å². The summed E-state index contributed by atoms with van der Waals surface area (Å²) in [6, 6.07) is 10.1. The summed E-state index contributed by atoms with van der Waals surface area (Å²) in [7, 11) is 0. The van der Waals surface area contributed by atoms with Gasteiger partial charge < -0.3 is 5.32 Å². The molecule has 0 radical (unpaired) electrons. The number of anilines is 2. The SMILES string of the molecule is CCn1nc(C)c2nc(C(C)C)nc(Nc3ccccc3)c21. The van der Waals surface area contributed by atoms with Gasteiger partial charge in [-0.25, -0.2) is 9.97 Å². The van der Waals surface area contributed by atoms with Crippen LogP contribution >= 0.6 is 0 Å². The van der Waals surface area contributed by atoms with Gasteiger partial charge in [-0.3, -0.25) is 4.68 Å². The number of nitrogens with one attached hydrogen (secondary N) is 1. The molecule has 0 spiro atoms. The fourth-order valence-electron chi connectivity index (χ4n) is 2.48. The molecule has 0 aliphatic heterocycles. The summed E-state index contributed by atoms with van der Waals surface area (Å²) >= 11 is 0. The van der Waals surface area contributed by atoms with E-state index in [1.54, 1.807) is 0 Å². The van der Waals surface area contributed by atoms with Crippen LogP contribution in [-0.4, -0.2) is 19.7 Å². The van der Waals surface area contributed by atoms with Gasteiger partial charge in [0.25, 0.3) is 0 Å². The standard InChI is InChI=1S/C17H21N5/c1-5-22-15-14(12(4)21-22)19-16(11(2)3)20-17(15)18-13-9-7-6-8-10-13/h6-11H,5H2,1-4H3,(H,18,19,20). The second-order valence-corrected chi connectivity index (χ2v) is 5.67. The van der Waals surface area contributed by atoms with E-state index in [4.69, 9.17) is 9.97 Å². The third-order valence-corrected chi connectivity index (χ3v) is 3.63. The third-order valence-electron chi connectivity index (χ3n) is 3.63. The Labute approximate surface area is 130 Å². The van der Waals surface area contributed by atoms with E-state index in [2.05, 4.69) is 31.2 Å². The van der Waals surface area contributed by atoms with E-state index in [1.165, 1.54) is 0 Å². The lowest BCUT2D eigenvalue weighted by molar-refractivity contribution is 0.675. The Kier molecular flexibility index (Phi) is 3.79. The van der Waals surface area contributed by atoms with Gasteiger partial charge in [0.15, 0.2) is 5.82 Å². The maximum Gasteiger partial charge on any atom is 0.160 e. The first-order chi connectivity index (χ1) is 10.6. The number of benzene rings is 1. The van der Waals surface area contributed by atoms with E-state index in [0.717, 1.165) is 40.6 Å². The van der Waals surface area contributed by atoms with Crippen LogP contribution in [0, 0.1) is 6.92 Å². The fraction of sp³-hybridized carbons (Fsp3) is 0.353. The summed E-state index contributed by atoms with van der Waals surface area (Å²) in [6.45, 7) is 9.07. The highest BCUT2D eigenvalue weighted by atomic mass is 15.3. The molecule has 0 bridgehead atoms. The second kappa shape index (κ2) is 5.75. The van der Waals surface area contributed by atoms with Crippen LogP contribution in [0.25, 0.3) is 11.0 Å². The van der Waals surface area contributed by atoms with Crippen LogP contribution in [0.2, 0.25) is 0 Å². The van der Waals surface area contributed by atoms with Gasteiger partial charge in [-0.15, -0.1) is 0 Å². The number of rotatable bonds is 4. The quantitative estimate of drug-likeness (QED) is 0.789. The summed E-state index contributed by atoms with van der Waals surface area (Å²) in [5.41, 5.74) is 3.85. The molecular weight excluding hydrogens is 274 g/mol. The zero-order valence-corrected chi connectivity index (χ0v) is 13.5. The second-order valence-electron chi connectivity index (χ2n) is 5.67. The Morgan fingerprint density at radius 2 is 1.86 bits per heavy atom. The van der Waals surface area contributed by atoms with Gasteiger partial charge in [-0.1, -0.05) is 32.0 Å². The van der Waals surface area contributed by atoms with E-state index < -0.39 is 0 Å². The molecule has 5 heteroatoms. The van der Waals surface area contributed by atoms with Gasteiger partial charge in [-0.2, -0.15) is 5.10 Å². The van der Waals surface area contributed by atoms with E-state index in [9.17, 15) is 0 Å². The molecule has 0 saturated carbocycles. The molecule has 22 heavy (non-hydrogen) atoms. The van der Waals surface area contributed by atoms with Crippen LogP contribution in [0.15, 0.2) is 30.3 Å². The molecular formula is C17H21N5. The maximum absolute atomic E-state index is 4.73. The highest BCUT2D eigenvalue weighted by molar-refractivity contribution is 5.89. The zero-order chi connectivity index (χ0) is 15.7. The van der Waals surface area contributed by atoms with Crippen molar-refractivity contribution in [2.24, 2.45) is 0 Å². The molecule has 0 aliphatic carbocycles. The Morgan fingerprint density at radius 1 is 1.14 bits per heavy atom. The monoisotopic (exact) mass is 295 g/mol. The van der Waals surface area contributed by atoms with Crippen molar-refractivity contribution in [3.8, 4) is 0 Å². The van der Waals surface area contributed by atoms with Gasteiger partial charge in [-0.05, 0) is 26.0 Å². The van der Waals surface area contributed by atoms with Crippen molar-refractivity contribution in [3.63, 3.8) is 0 Å². The minimum Gasteiger partial charge on any atom is -0.338 e. The lowest BCUT2D eigenvalue weighted by Crippen LogP contribution is -2.06. The molecule has 0 fully saturated rings. The number of aromatic nitrogens is 4. The van der Waals surface area contributed by atoms with Crippen LogP contribution in [-0.2, 0) is 6.54 Å². The van der Waals surface area contributed by atoms with Gasteiger partial charge >= 0.3 is 0 Å². The molecule has 0 unspecified atom stereocenters. The lowest BCUT2D eigenvalue weighted by atomic mass is 10.2. The predicted octanol–water partition coefficient (Wildman–Crippen LogP) is 4.02. The normalized spacial score (nSPS) is 11.3. The smallest absolute Gasteiger partial charge is 0.160 e. The minimum absolute atomic E-state index is 0.269. The molecule has 3 rings (SSSR count). The largest absolute Gasteiger partial charge is 0.338 e. The molecule has 2 aromatic heterocycles. The number of hydrogen-bond donors (Lipinski definition) is 1. The summed E-state index contributed by atoms with van der Waals surface area (Å²) in [4.78, 5) is 9.45. The van der Waals surface area contributed by atoms with Crippen molar-refractivity contribution in [2.45, 2.75) is 40.2 Å². The van der Waals surface area contributed by atoms with Crippen LogP contribution in [0.4, 0.5) is 11.5 Å². The molecule has 5 nitrogen and oxygen atoms in total. The van der Waals surface area contributed by atoms with Crippen molar-refractivity contribution < 1.29 is 0 Å². The maximum atomic E-state index is 4.73. The van der Waals surface area contributed by atoms with Crippen molar-refractivity contribution in [1.29, 1.82) is 0 Å². The first kappa shape index (κ1) is 14.5. The number of fused-ring (bicyclic) bond motifs is 1. The summed E-state index contributed by atoms with van der Waals surface area (Å²) in [5, 5.41) is 8.00.